The fourth-order valence-electron chi connectivity index (χ4n) is 2.64. The van der Waals surface area contributed by atoms with Crippen LogP contribution < -0.4 is 5.32 Å². The maximum atomic E-state index is 9.50. The lowest BCUT2D eigenvalue weighted by Gasteiger charge is -2.26. The molecule has 0 amide bonds. The van der Waals surface area contributed by atoms with Crippen LogP contribution in [0.1, 0.15) is 38.4 Å². The van der Waals surface area contributed by atoms with Gasteiger partial charge in [0.2, 0.25) is 0 Å². The zero-order valence-electron chi connectivity index (χ0n) is 10.5. The predicted molar refractivity (Wildman–Crippen MR) is 65.4 cm³/mol. The van der Waals surface area contributed by atoms with Gasteiger partial charge in [0.05, 0.1) is 6.54 Å². The molecule has 17 heavy (non-hydrogen) atoms. The van der Waals surface area contributed by atoms with Gasteiger partial charge in [0, 0.05) is 25.1 Å². The first-order chi connectivity index (χ1) is 8.29. The fraction of sp³-hybridized carbons (Fsp3) is 0.833. The van der Waals surface area contributed by atoms with Gasteiger partial charge in [-0.15, -0.1) is 0 Å². The first-order valence-electron chi connectivity index (χ1n) is 6.48. The Labute approximate surface area is 102 Å². The molecule has 5 heteroatoms. The lowest BCUT2D eigenvalue weighted by Crippen LogP contribution is -2.35. The lowest BCUT2D eigenvalue weighted by molar-refractivity contribution is 0.127. The van der Waals surface area contributed by atoms with Gasteiger partial charge in [-0.1, -0.05) is 12.8 Å². The molecule has 0 aromatic carbocycles. The van der Waals surface area contributed by atoms with Gasteiger partial charge in [0.15, 0.2) is 0 Å². The van der Waals surface area contributed by atoms with E-state index in [1.165, 1.54) is 12.8 Å². The standard InChI is InChI=1S/C12H22N4O/c1-2-16-11(14-10-15-16)7-13-8-12(9-17)5-3-4-6-12/h10,13,17H,2-9H2,1H3. The summed E-state index contributed by atoms with van der Waals surface area (Å²) in [6.45, 7) is 4.81. The van der Waals surface area contributed by atoms with E-state index >= 15 is 0 Å². The third kappa shape index (κ3) is 2.84. The van der Waals surface area contributed by atoms with E-state index in [0.29, 0.717) is 6.61 Å². The van der Waals surface area contributed by atoms with Gasteiger partial charge in [0.25, 0.3) is 0 Å². The molecule has 96 valence electrons. The quantitative estimate of drug-likeness (QED) is 0.774. The van der Waals surface area contributed by atoms with Crippen molar-refractivity contribution in [2.45, 2.75) is 45.7 Å². The Kier molecular flexibility index (Phi) is 4.12. The molecule has 2 N–H and O–H groups in total. The molecule has 1 aliphatic carbocycles. The van der Waals surface area contributed by atoms with E-state index in [1.807, 2.05) is 4.68 Å². The van der Waals surface area contributed by atoms with Gasteiger partial charge in [-0.05, 0) is 19.8 Å². The SMILES string of the molecule is CCn1ncnc1CNCC1(CO)CCCC1. The maximum Gasteiger partial charge on any atom is 0.140 e. The molecule has 2 rings (SSSR count). The second kappa shape index (κ2) is 5.60. The monoisotopic (exact) mass is 238 g/mol. The van der Waals surface area contributed by atoms with Crippen LogP contribution in [0, 0.1) is 5.41 Å². The normalized spacial score (nSPS) is 18.7. The Morgan fingerprint density at radius 3 is 2.88 bits per heavy atom. The molecule has 1 fully saturated rings. The first kappa shape index (κ1) is 12.5. The molecule has 1 aromatic heterocycles. The molecule has 0 spiro atoms. The summed E-state index contributed by atoms with van der Waals surface area (Å²) >= 11 is 0. The molecule has 0 unspecified atom stereocenters. The summed E-state index contributed by atoms with van der Waals surface area (Å²) in [4.78, 5) is 4.23. The molecule has 0 bridgehead atoms. The minimum Gasteiger partial charge on any atom is -0.396 e. The third-order valence-electron chi connectivity index (χ3n) is 3.78. The highest BCUT2D eigenvalue weighted by Gasteiger charge is 2.32. The van der Waals surface area contributed by atoms with Crippen LogP contribution in [0.2, 0.25) is 0 Å². The van der Waals surface area contributed by atoms with E-state index in [9.17, 15) is 5.11 Å². The molecule has 1 aromatic rings. The molecular weight excluding hydrogens is 216 g/mol. The van der Waals surface area contributed by atoms with Gasteiger partial charge in [-0.2, -0.15) is 5.10 Å². The third-order valence-corrected chi connectivity index (χ3v) is 3.78. The summed E-state index contributed by atoms with van der Waals surface area (Å²) in [5.74, 6) is 0.971. The van der Waals surface area contributed by atoms with Gasteiger partial charge >= 0.3 is 0 Å². The van der Waals surface area contributed by atoms with Gasteiger partial charge < -0.3 is 10.4 Å². The van der Waals surface area contributed by atoms with E-state index in [4.69, 9.17) is 0 Å². The van der Waals surface area contributed by atoms with Crippen LogP contribution in [-0.2, 0) is 13.1 Å². The van der Waals surface area contributed by atoms with E-state index in [-0.39, 0.29) is 5.41 Å². The number of nitrogens with zero attached hydrogens (tertiary/aromatic N) is 3. The number of hydrogen-bond acceptors (Lipinski definition) is 4. The summed E-state index contributed by atoms with van der Waals surface area (Å²) in [5.41, 5.74) is 0.108. The second-order valence-electron chi connectivity index (χ2n) is 4.96. The van der Waals surface area contributed by atoms with Crippen molar-refractivity contribution in [1.29, 1.82) is 0 Å². The number of aliphatic hydroxyl groups is 1. The van der Waals surface area contributed by atoms with Crippen LogP contribution in [0.3, 0.4) is 0 Å². The van der Waals surface area contributed by atoms with E-state index in [1.54, 1.807) is 6.33 Å². The lowest BCUT2D eigenvalue weighted by atomic mass is 9.87. The second-order valence-corrected chi connectivity index (χ2v) is 4.96. The summed E-state index contributed by atoms with van der Waals surface area (Å²) < 4.78 is 1.90. The Hall–Kier alpha value is -0.940. The number of rotatable bonds is 6. The van der Waals surface area contributed by atoms with Crippen LogP contribution in [-0.4, -0.2) is 33.0 Å². The topological polar surface area (TPSA) is 63.0 Å². The van der Waals surface area contributed by atoms with Crippen molar-refractivity contribution < 1.29 is 5.11 Å². The maximum absolute atomic E-state index is 9.50. The zero-order chi connectivity index (χ0) is 12.1. The highest BCUT2D eigenvalue weighted by atomic mass is 16.3. The largest absolute Gasteiger partial charge is 0.396 e. The number of aryl methyl sites for hydroxylation is 1. The molecule has 0 atom stereocenters. The molecule has 0 saturated heterocycles. The van der Waals surface area contributed by atoms with Crippen molar-refractivity contribution in [3.05, 3.63) is 12.2 Å². The minimum absolute atomic E-state index is 0.108. The van der Waals surface area contributed by atoms with E-state index < -0.39 is 0 Å². The molecule has 1 saturated carbocycles. The van der Waals surface area contributed by atoms with Crippen molar-refractivity contribution in [2.24, 2.45) is 5.41 Å². The molecule has 0 radical (unpaired) electrons. The van der Waals surface area contributed by atoms with Crippen molar-refractivity contribution in [3.8, 4) is 0 Å². The Morgan fingerprint density at radius 2 is 2.24 bits per heavy atom. The zero-order valence-corrected chi connectivity index (χ0v) is 10.5. The van der Waals surface area contributed by atoms with Gasteiger partial charge in [-0.3, -0.25) is 0 Å². The smallest absolute Gasteiger partial charge is 0.140 e. The van der Waals surface area contributed by atoms with Gasteiger partial charge in [0.1, 0.15) is 12.2 Å². The van der Waals surface area contributed by atoms with Gasteiger partial charge in [-0.25, -0.2) is 9.67 Å². The fourth-order valence-corrected chi connectivity index (χ4v) is 2.64. The molecule has 1 heterocycles. The highest BCUT2D eigenvalue weighted by Crippen LogP contribution is 2.36. The van der Waals surface area contributed by atoms with E-state index in [2.05, 4.69) is 22.3 Å². The molecular formula is C12H22N4O. The average Bonchev–Trinajstić information content (AvgIpc) is 2.98. The Bertz CT molecular complexity index is 344. The van der Waals surface area contributed by atoms with Crippen molar-refractivity contribution >= 4 is 0 Å². The summed E-state index contributed by atoms with van der Waals surface area (Å²) in [7, 11) is 0. The summed E-state index contributed by atoms with van der Waals surface area (Å²) in [6.07, 6.45) is 6.35. The number of aliphatic hydroxyl groups excluding tert-OH is 1. The van der Waals surface area contributed by atoms with Crippen LogP contribution in [0.5, 0.6) is 0 Å². The van der Waals surface area contributed by atoms with Crippen molar-refractivity contribution in [3.63, 3.8) is 0 Å². The Balaban J connectivity index is 1.82. The van der Waals surface area contributed by atoms with E-state index in [0.717, 1.165) is 38.3 Å². The van der Waals surface area contributed by atoms with Crippen molar-refractivity contribution in [2.75, 3.05) is 13.2 Å². The first-order valence-corrected chi connectivity index (χ1v) is 6.48. The molecule has 0 aliphatic heterocycles. The number of nitrogens with one attached hydrogen (secondary N) is 1. The van der Waals surface area contributed by atoms with Crippen molar-refractivity contribution in [1.82, 2.24) is 20.1 Å². The predicted octanol–water partition coefficient (Wildman–Crippen LogP) is 0.940. The Morgan fingerprint density at radius 1 is 1.47 bits per heavy atom. The minimum atomic E-state index is 0.108. The summed E-state index contributed by atoms with van der Waals surface area (Å²) in [6, 6.07) is 0. The highest BCUT2D eigenvalue weighted by molar-refractivity contribution is 4.88. The number of hydrogen-bond donors (Lipinski definition) is 2. The van der Waals surface area contributed by atoms with Crippen LogP contribution in [0.4, 0.5) is 0 Å². The summed E-state index contributed by atoms with van der Waals surface area (Å²) in [5, 5.41) is 17.1. The molecule has 5 nitrogen and oxygen atoms in total. The number of aromatic nitrogens is 3. The van der Waals surface area contributed by atoms with Crippen LogP contribution in [0.15, 0.2) is 6.33 Å². The molecule has 1 aliphatic rings. The van der Waals surface area contributed by atoms with Crippen LogP contribution in [0.25, 0.3) is 0 Å². The van der Waals surface area contributed by atoms with Crippen LogP contribution >= 0.6 is 0 Å². The average molecular weight is 238 g/mol.